The Morgan fingerprint density at radius 1 is 1.24 bits per heavy atom. The van der Waals surface area contributed by atoms with Crippen LogP contribution >= 0.6 is 0 Å². The number of amides is 1. The zero-order chi connectivity index (χ0) is 23.2. The average molecular weight is 449 g/mol. The summed E-state index contributed by atoms with van der Waals surface area (Å²) in [5, 5.41) is 7.22. The summed E-state index contributed by atoms with van der Waals surface area (Å²) < 4.78 is 11.2. The summed E-state index contributed by atoms with van der Waals surface area (Å²) >= 11 is 0. The number of nitrogens with zero attached hydrogens (tertiary/aromatic N) is 3. The number of ether oxygens (including phenoxy) is 1. The van der Waals surface area contributed by atoms with Gasteiger partial charge in [-0.15, -0.1) is 0 Å². The van der Waals surface area contributed by atoms with Crippen molar-refractivity contribution in [2.45, 2.75) is 52.8 Å². The van der Waals surface area contributed by atoms with E-state index in [1.54, 1.807) is 0 Å². The number of aryl methyl sites for hydroxylation is 1. The van der Waals surface area contributed by atoms with E-state index in [-0.39, 0.29) is 17.9 Å². The highest BCUT2D eigenvalue weighted by atomic mass is 16.5. The van der Waals surface area contributed by atoms with Crippen molar-refractivity contribution in [1.29, 1.82) is 0 Å². The van der Waals surface area contributed by atoms with Gasteiger partial charge in [0.05, 0.1) is 18.6 Å². The van der Waals surface area contributed by atoms with E-state index in [2.05, 4.69) is 20.4 Å². The molecule has 0 spiro atoms. The molecular formula is C26H32N4O3. The molecule has 1 atom stereocenters. The van der Waals surface area contributed by atoms with Crippen LogP contribution in [-0.2, 0) is 17.9 Å². The first kappa shape index (κ1) is 23.0. The number of carbonyl (C=O) groups excluding carboxylic acids is 1. The molecular weight excluding hydrogens is 416 g/mol. The minimum Gasteiger partial charge on any atom is -0.491 e. The maximum absolute atomic E-state index is 12.8. The van der Waals surface area contributed by atoms with Gasteiger partial charge in [-0.3, -0.25) is 9.69 Å². The van der Waals surface area contributed by atoms with Gasteiger partial charge in [0.2, 0.25) is 17.6 Å². The number of hydrogen-bond acceptors (Lipinski definition) is 6. The maximum atomic E-state index is 12.8. The largest absolute Gasteiger partial charge is 0.491 e. The number of carbonyl (C=O) groups is 1. The lowest BCUT2D eigenvalue weighted by atomic mass is 9.97. The van der Waals surface area contributed by atoms with E-state index in [1.807, 2.05) is 69.3 Å². The number of rotatable bonds is 8. The Hall–Kier alpha value is -3.19. The summed E-state index contributed by atoms with van der Waals surface area (Å²) in [7, 11) is 0. The van der Waals surface area contributed by atoms with Crippen LogP contribution in [0.4, 0.5) is 0 Å². The minimum atomic E-state index is -0.0403. The van der Waals surface area contributed by atoms with Gasteiger partial charge in [0.1, 0.15) is 5.75 Å². The van der Waals surface area contributed by atoms with E-state index < -0.39 is 0 Å². The van der Waals surface area contributed by atoms with Crippen LogP contribution in [0.2, 0.25) is 0 Å². The van der Waals surface area contributed by atoms with Crippen molar-refractivity contribution < 1.29 is 14.1 Å². The fourth-order valence-electron chi connectivity index (χ4n) is 4.12. The predicted octanol–water partition coefficient (Wildman–Crippen LogP) is 4.36. The molecule has 0 radical (unpaired) electrons. The van der Waals surface area contributed by atoms with Gasteiger partial charge < -0.3 is 14.6 Å². The third kappa shape index (κ3) is 6.42. The van der Waals surface area contributed by atoms with Crippen LogP contribution in [0.25, 0.3) is 11.4 Å². The lowest BCUT2D eigenvalue weighted by Gasteiger charge is -2.30. The fraction of sp³-hybridized carbons (Fsp3) is 0.423. The molecule has 2 heterocycles. The number of benzene rings is 2. The van der Waals surface area contributed by atoms with Gasteiger partial charge in [0, 0.05) is 18.7 Å². The Kier molecular flexibility index (Phi) is 7.40. The lowest BCUT2D eigenvalue weighted by Crippen LogP contribution is -2.42. The Morgan fingerprint density at radius 3 is 2.82 bits per heavy atom. The molecule has 2 aromatic carbocycles. The van der Waals surface area contributed by atoms with Crippen molar-refractivity contribution in [2.24, 2.45) is 5.92 Å². The molecule has 4 rings (SSSR count). The number of piperidine rings is 1. The van der Waals surface area contributed by atoms with Crippen LogP contribution in [0.3, 0.4) is 0 Å². The molecule has 0 bridgehead atoms. The van der Waals surface area contributed by atoms with Crippen molar-refractivity contribution in [3.8, 4) is 17.1 Å². The summed E-state index contributed by atoms with van der Waals surface area (Å²) in [6.45, 7) is 8.73. The molecule has 7 heteroatoms. The maximum Gasteiger partial charge on any atom is 0.241 e. The fourth-order valence-corrected chi connectivity index (χ4v) is 4.12. The van der Waals surface area contributed by atoms with Gasteiger partial charge in [-0.25, -0.2) is 0 Å². The van der Waals surface area contributed by atoms with Crippen molar-refractivity contribution >= 4 is 5.91 Å². The zero-order valence-electron chi connectivity index (χ0n) is 19.6. The molecule has 33 heavy (non-hydrogen) atoms. The molecule has 1 saturated heterocycles. The van der Waals surface area contributed by atoms with Crippen molar-refractivity contribution in [3.63, 3.8) is 0 Å². The Bertz CT molecular complexity index is 1060. The SMILES string of the molecule is Cc1cccc(-c2noc(CN3CCCC(C(=O)NCc4ccc(OC(C)C)cc4)C3)n2)c1. The van der Waals surface area contributed by atoms with Gasteiger partial charge in [-0.2, -0.15) is 4.98 Å². The van der Waals surface area contributed by atoms with Crippen molar-refractivity contribution in [1.82, 2.24) is 20.4 Å². The zero-order valence-corrected chi connectivity index (χ0v) is 19.6. The standard InChI is InChI=1S/C26H32N4O3/c1-18(2)32-23-11-9-20(10-12-23)15-27-26(31)22-8-5-13-30(16-22)17-24-28-25(29-33-24)21-7-4-6-19(3)14-21/h4,6-7,9-12,14,18,22H,5,8,13,15-17H2,1-3H3,(H,27,31). The van der Waals surface area contributed by atoms with Crippen molar-refractivity contribution in [3.05, 3.63) is 65.5 Å². The molecule has 1 aliphatic heterocycles. The van der Waals surface area contributed by atoms with E-state index in [0.29, 0.717) is 31.3 Å². The molecule has 3 aromatic rings. The molecule has 1 amide bonds. The third-order valence-corrected chi connectivity index (χ3v) is 5.74. The molecule has 1 unspecified atom stereocenters. The first-order valence-electron chi connectivity index (χ1n) is 11.6. The van der Waals surface area contributed by atoms with E-state index in [4.69, 9.17) is 9.26 Å². The molecule has 0 aliphatic carbocycles. The first-order valence-corrected chi connectivity index (χ1v) is 11.6. The second kappa shape index (κ2) is 10.6. The van der Waals surface area contributed by atoms with Crippen LogP contribution in [0.15, 0.2) is 53.1 Å². The lowest BCUT2D eigenvalue weighted by molar-refractivity contribution is -0.127. The second-order valence-electron chi connectivity index (χ2n) is 8.98. The van der Waals surface area contributed by atoms with Crippen LogP contribution in [0.5, 0.6) is 5.75 Å². The summed E-state index contributed by atoms with van der Waals surface area (Å²) in [5.41, 5.74) is 3.16. The summed E-state index contributed by atoms with van der Waals surface area (Å²) in [4.78, 5) is 19.6. The monoisotopic (exact) mass is 448 g/mol. The Morgan fingerprint density at radius 2 is 2.06 bits per heavy atom. The molecule has 1 aromatic heterocycles. The average Bonchev–Trinajstić information content (AvgIpc) is 3.27. The summed E-state index contributed by atoms with van der Waals surface area (Å²) in [6.07, 6.45) is 2.01. The van der Waals surface area contributed by atoms with E-state index in [0.717, 1.165) is 41.8 Å². The van der Waals surface area contributed by atoms with Crippen LogP contribution < -0.4 is 10.1 Å². The van der Waals surface area contributed by atoms with Gasteiger partial charge in [0.15, 0.2) is 0 Å². The Labute approximate surface area is 195 Å². The molecule has 7 nitrogen and oxygen atoms in total. The van der Waals surface area contributed by atoms with E-state index >= 15 is 0 Å². The van der Waals surface area contributed by atoms with Gasteiger partial charge >= 0.3 is 0 Å². The number of aromatic nitrogens is 2. The smallest absolute Gasteiger partial charge is 0.241 e. The van der Waals surface area contributed by atoms with Crippen molar-refractivity contribution in [2.75, 3.05) is 13.1 Å². The van der Waals surface area contributed by atoms with Crippen LogP contribution in [-0.4, -0.2) is 40.1 Å². The highest BCUT2D eigenvalue weighted by molar-refractivity contribution is 5.79. The first-order chi connectivity index (χ1) is 16.0. The third-order valence-electron chi connectivity index (χ3n) is 5.74. The van der Waals surface area contributed by atoms with E-state index in [9.17, 15) is 4.79 Å². The number of likely N-dealkylation sites (tertiary alicyclic amines) is 1. The molecule has 1 N–H and O–H groups in total. The highest BCUT2D eigenvalue weighted by Crippen LogP contribution is 2.21. The quantitative estimate of drug-likeness (QED) is 0.552. The molecule has 0 saturated carbocycles. The molecule has 1 aliphatic rings. The molecule has 174 valence electrons. The summed E-state index contributed by atoms with van der Waals surface area (Å²) in [6, 6.07) is 15.9. The van der Waals surface area contributed by atoms with E-state index in [1.165, 1.54) is 0 Å². The van der Waals surface area contributed by atoms with Crippen LogP contribution in [0, 0.1) is 12.8 Å². The minimum absolute atomic E-state index is 0.0403. The Balaban J connectivity index is 1.28. The summed E-state index contributed by atoms with van der Waals surface area (Å²) in [5.74, 6) is 2.07. The number of nitrogens with one attached hydrogen (secondary N) is 1. The van der Waals surface area contributed by atoms with Gasteiger partial charge in [-0.05, 0) is 63.9 Å². The normalized spacial score (nSPS) is 16.7. The second-order valence-corrected chi connectivity index (χ2v) is 8.98. The van der Waals surface area contributed by atoms with Gasteiger partial charge in [-0.1, -0.05) is 41.1 Å². The highest BCUT2D eigenvalue weighted by Gasteiger charge is 2.26. The predicted molar refractivity (Wildman–Crippen MR) is 127 cm³/mol. The number of hydrogen-bond donors (Lipinski definition) is 1. The van der Waals surface area contributed by atoms with Gasteiger partial charge in [0.25, 0.3) is 0 Å². The van der Waals surface area contributed by atoms with Crippen LogP contribution in [0.1, 0.15) is 43.7 Å². The molecule has 1 fully saturated rings. The topological polar surface area (TPSA) is 80.5 Å².